The molecule has 0 bridgehead atoms. The van der Waals surface area contributed by atoms with Crippen LogP contribution in [0.25, 0.3) is 0 Å². The molecule has 0 saturated carbocycles. The summed E-state index contributed by atoms with van der Waals surface area (Å²) in [5.74, 6) is -0.0131. The van der Waals surface area contributed by atoms with E-state index in [-0.39, 0.29) is 18.3 Å². The van der Waals surface area contributed by atoms with Gasteiger partial charge in [0, 0.05) is 12.6 Å². The standard InChI is InChI=1S/C15H20N2O2.ClH/c18-15(17-10-12-5-3-8-16-12)14-13-6-2-1-4-11(13)7-9-19-14;/h1-2,4,6,12,14,16H,3,5,7-10H2,(H,17,18);1H. The van der Waals surface area contributed by atoms with Crippen molar-refractivity contribution < 1.29 is 9.53 Å². The van der Waals surface area contributed by atoms with Crippen molar-refractivity contribution in [3.8, 4) is 0 Å². The molecule has 2 atom stereocenters. The molecule has 2 N–H and O–H groups in total. The van der Waals surface area contributed by atoms with Gasteiger partial charge in [-0.2, -0.15) is 0 Å². The predicted octanol–water partition coefficient (Wildman–Crippen LogP) is 1.59. The van der Waals surface area contributed by atoms with Crippen LogP contribution in [-0.2, 0) is 16.0 Å². The maximum absolute atomic E-state index is 12.3. The SMILES string of the molecule is Cl.O=C(NCC1CCCN1)C1OCCc2ccccc21. The summed E-state index contributed by atoms with van der Waals surface area (Å²) in [6.45, 7) is 2.38. The molecular weight excluding hydrogens is 276 g/mol. The van der Waals surface area contributed by atoms with Gasteiger partial charge in [0.15, 0.2) is 6.10 Å². The molecule has 3 rings (SSSR count). The minimum absolute atomic E-state index is 0. The van der Waals surface area contributed by atoms with Gasteiger partial charge in [-0.1, -0.05) is 24.3 Å². The zero-order valence-electron chi connectivity index (χ0n) is 11.4. The van der Waals surface area contributed by atoms with E-state index in [1.807, 2.05) is 18.2 Å². The summed E-state index contributed by atoms with van der Waals surface area (Å²) in [7, 11) is 0. The fourth-order valence-corrected chi connectivity index (χ4v) is 2.86. The topological polar surface area (TPSA) is 50.4 Å². The molecular formula is C15H21ClN2O2. The second-order valence-electron chi connectivity index (χ2n) is 5.24. The van der Waals surface area contributed by atoms with Crippen LogP contribution in [0.1, 0.15) is 30.1 Å². The second kappa shape index (κ2) is 7.07. The number of carbonyl (C=O) groups is 1. The molecule has 0 radical (unpaired) electrons. The highest BCUT2D eigenvalue weighted by Crippen LogP contribution is 2.26. The summed E-state index contributed by atoms with van der Waals surface area (Å²) in [5, 5.41) is 6.39. The van der Waals surface area contributed by atoms with Crippen LogP contribution in [0.2, 0.25) is 0 Å². The molecule has 1 fully saturated rings. The Labute approximate surface area is 125 Å². The van der Waals surface area contributed by atoms with Crippen molar-refractivity contribution >= 4 is 18.3 Å². The quantitative estimate of drug-likeness (QED) is 0.891. The Morgan fingerprint density at radius 1 is 1.40 bits per heavy atom. The molecule has 0 aliphatic carbocycles. The molecule has 1 aromatic carbocycles. The summed E-state index contributed by atoms with van der Waals surface area (Å²) >= 11 is 0. The molecule has 2 unspecified atom stereocenters. The Hall–Kier alpha value is -1.10. The number of amides is 1. The van der Waals surface area contributed by atoms with E-state index in [4.69, 9.17) is 4.74 Å². The molecule has 4 nitrogen and oxygen atoms in total. The van der Waals surface area contributed by atoms with Crippen LogP contribution < -0.4 is 10.6 Å². The third-order valence-corrected chi connectivity index (χ3v) is 3.92. The zero-order valence-corrected chi connectivity index (χ0v) is 12.2. The highest BCUT2D eigenvalue weighted by molar-refractivity contribution is 5.85. The van der Waals surface area contributed by atoms with Crippen LogP contribution in [0, 0.1) is 0 Å². The molecule has 2 aliphatic rings. The minimum atomic E-state index is -0.439. The largest absolute Gasteiger partial charge is 0.363 e. The third kappa shape index (κ3) is 3.32. The lowest BCUT2D eigenvalue weighted by Crippen LogP contribution is -2.40. The van der Waals surface area contributed by atoms with Crippen molar-refractivity contribution in [3.05, 3.63) is 35.4 Å². The van der Waals surface area contributed by atoms with Crippen LogP contribution in [0.4, 0.5) is 0 Å². The van der Waals surface area contributed by atoms with E-state index < -0.39 is 6.10 Å². The Morgan fingerprint density at radius 2 is 2.25 bits per heavy atom. The van der Waals surface area contributed by atoms with E-state index in [9.17, 15) is 4.79 Å². The Balaban J connectivity index is 0.00000147. The first-order valence-corrected chi connectivity index (χ1v) is 7.05. The molecule has 0 aromatic heterocycles. The van der Waals surface area contributed by atoms with Crippen LogP contribution in [-0.4, -0.2) is 31.6 Å². The van der Waals surface area contributed by atoms with Crippen LogP contribution >= 0.6 is 12.4 Å². The number of nitrogens with one attached hydrogen (secondary N) is 2. The van der Waals surface area contributed by atoms with E-state index in [2.05, 4.69) is 16.7 Å². The Morgan fingerprint density at radius 3 is 3.05 bits per heavy atom. The van der Waals surface area contributed by atoms with Gasteiger partial charge in [-0.15, -0.1) is 12.4 Å². The molecule has 2 heterocycles. The average molecular weight is 297 g/mol. The van der Waals surface area contributed by atoms with E-state index in [1.165, 1.54) is 12.0 Å². The third-order valence-electron chi connectivity index (χ3n) is 3.92. The van der Waals surface area contributed by atoms with Crippen molar-refractivity contribution in [2.24, 2.45) is 0 Å². The molecule has 1 saturated heterocycles. The maximum Gasteiger partial charge on any atom is 0.253 e. The van der Waals surface area contributed by atoms with Crippen LogP contribution in [0.15, 0.2) is 24.3 Å². The molecule has 0 spiro atoms. The second-order valence-corrected chi connectivity index (χ2v) is 5.24. The first-order valence-electron chi connectivity index (χ1n) is 7.05. The van der Waals surface area contributed by atoms with Gasteiger partial charge in [0.2, 0.25) is 0 Å². The summed E-state index contributed by atoms with van der Waals surface area (Å²) in [5.41, 5.74) is 2.25. The van der Waals surface area contributed by atoms with Gasteiger partial charge in [0.1, 0.15) is 0 Å². The fourth-order valence-electron chi connectivity index (χ4n) is 2.86. The van der Waals surface area contributed by atoms with E-state index >= 15 is 0 Å². The van der Waals surface area contributed by atoms with Crippen molar-refractivity contribution in [2.45, 2.75) is 31.4 Å². The summed E-state index contributed by atoms with van der Waals surface area (Å²) in [6.07, 6.45) is 2.79. The number of ether oxygens (including phenoxy) is 1. The molecule has 2 aliphatic heterocycles. The molecule has 5 heteroatoms. The minimum Gasteiger partial charge on any atom is -0.363 e. The summed E-state index contributed by atoms with van der Waals surface area (Å²) in [4.78, 5) is 12.3. The lowest BCUT2D eigenvalue weighted by Gasteiger charge is -2.25. The smallest absolute Gasteiger partial charge is 0.253 e. The van der Waals surface area contributed by atoms with Crippen molar-refractivity contribution in [1.29, 1.82) is 0 Å². The molecule has 20 heavy (non-hydrogen) atoms. The normalized spacial score (nSPS) is 24.6. The van der Waals surface area contributed by atoms with E-state index in [0.717, 1.165) is 24.9 Å². The highest BCUT2D eigenvalue weighted by Gasteiger charge is 2.27. The number of fused-ring (bicyclic) bond motifs is 1. The number of carbonyl (C=O) groups excluding carboxylic acids is 1. The number of rotatable bonds is 3. The van der Waals surface area contributed by atoms with Crippen molar-refractivity contribution in [1.82, 2.24) is 10.6 Å². The van der Waals surface area contributed by atoms with Gasteiger partial charge in [-0.05, 0) is 36.9 Å². The zero-order chi connectivity index (χ0) is 13.1. The van der Waals surface area contributed by atoms with Gasteiger partial charge < -0.3 is 15.4 Å². The monoisotopic (exact) mass is 296 g/mol. The first-order chi connectivity index (χ1) is 9.34. The van der Waals surface area contributed by atoms with Gasteiger partial charge in [-0.3, -0.25) is 4.79 Å². The van der Waals surface area contributed by atoms with Crippen LogP contribution in [0.5, 0.6) is 0 Å². The fraction of sp³-hybridized carbons (Fsp3) is 0.533. The van der Waals surface area contributed by atoms with Gasteiger partial charge in [0.25, 0.3) is 5.91 Å². The Bertz CT molecular complexity index is 461. The molecule has 1 amide bonds. The highest BCUT2D eigenvalue weighted by atomic mass is 35.5. The number of hydrogen-bond donors (Lipinski definition) is 2. The lowest BCUT2D eigenvalue weighted by molar-refractivity contribution is -0.134. The van der Waals surface area contributed by atoms with Crippen molar-refractivity contribution in [2.75, 3.05) is 19.7 Å². The summed E-state index contributed by atoms with van der Waals surface area (Å²) < 4.78 is 5.65. The van der Waals surface area contributed by atoms with Crippen LogP contribution in [0.3, 0.4) is 0 Å². The summed E-state index contributed by atoms with van der Waals surface area (Å²) in [6, 6.07) is 8.47. The maximum atomic E-state index is 12.3. The van der Waals surface area contributed by atoms with Crippen molar-refractivity contribution in [3.63, 3.8) is 0 Å². The van der Waals surface area contributed by atoms with E-state index in [0.29, 0.717) is 19.2 Å². The van der Waals surface area contributed by atoms with Gasteiger partial charge in [-0.25, -0.2) is 0 Å². The lowest BCUT2D eigenvalue weighted by atomic mass is 9.97. The predicted molar refractivity (Wildman–Crippen MR) is 80.1 cm³/mol. The van der Waals surface area contributed by atoms with Gasteiger partial charge in [0.05, 0.1) is 6.61 Å². The van der Waals surface area contributed by atoms with E-state index in [1.54, 1.807) is 0 Å². The molecule has 1 aromatic rings. The Kier molecular flexibility index (Phi) is 5.40. The first kappa shape index (κ1) is 15.3. The number of halogens is 1. The number of hydrogen-bond acceptors (Lipinski definition) is 3. The van der Waals surface area contributed by atoms with Gasteiger partial charge >= 0.3 is 0 Å². The molecule has 110 valence electrons. The number of benzene rings is 1. The average Bonchev–Trinajstić information content (AvgIpc) is 2.97.